The Labute approximate surface area is 206 Å². The molecule has 0 aromatic heterocycles. The number of unbranched alkanes of at least 4 members (excludes halogenated alkanes) is 1. The van der Waals surface area contributed by atoms with Gasteiger partial charge in [-0.2, -0.15) is 0 Å². The summed E-state index contributed by atoms with van der Waals surface area (Å²) in [5.74, 6) is 2.05. The molecule has 2 fully saturated rings. The summed E-state index contributed by atoms with van der Waals surface area (Å²) >= 11 is 0. The second-order valence-electron chi connectivity index (χ2n) is 9.98. The van der Waals surface area contributed by atoms with Crippen LogP contribution in [-0.2, 0) is 31.8 Å². The van der Waals surface area contributed by atoms with Crippen molar-refractivity contribution in [3.63, 3.8) is 0 Å². The van der Waals surface area contributed by atoms with Crippen molar-refractivity contribution in [3.05, 3.63) is 35.4 Å². The highest BCUT2D eigenvalue weighted by Crippen LogP contribution is 2.37. The molecule has 0 spiro atoms. The Bertz CT molecular complexity index is 695. The predicted molar refractivity (Wildman–Crippen MR) is 136 cm³/mol. The van der Waals surface area contributed by atoms with Crippen LogP contribution in [0.15, 0.2) is 24.3 Å². The van der Waals surface area contributed by atoms with E-state index in [1.165, 1.54) is 50.0 Å². The van der Waals surface area contributed by atoms with Crippen molar-refractivity contribution in [2.45, 2.75) is 64.6 Å². The average Bonchev–Trinajstić information content (AvgIpc) is 3.45. The molecule has 1 aromatic rings. The standard InChI is InChI=1S/C28H46N2O4/c1-4-5-16-30(22-28(32-2)33-3)27(31)15-19-34-18-14-24-11-9-23(10-12-24)13-17-29-20-25-7-6-8-26(25)21-29/h9-12,25-26,28H,4-8,13-22H2,1-3H3. The molecule has 1 saturated heterocycles. The van der Waals surface area contributed by atoms with Crippen LogP contribution in [0.5, 0.6) is 0 Å². The molecule has 34 heavy (non-hydrogen) atoms. The third kappa shape index (κ3) is 8.63. The van der Waals surface area contributed by atoms with Crippen LogP contribution in [0, 0.1) is 11.8 Å². The smallest absolute Gasteiger partial charge is 0.225 e. The molecule has 1 amide bonds. The number of carbonyl (C=O) groups is 1. The maximum absolute atomic E-state index is 12.6. The number of ether oxygens (including phenoxy) is 3. The van der Waals surface area contributed by atoms with Crippen molar-refractivity contribution in [3.8, 4) is 0 Å². The number of hydrogen-bond acceptors (Lipinski definition) is 5. The van der Waals surface area contributed by atoms with Crippen molar-refractivity contribution in [1.82, 2.24) is 9.80 Å². The summed E-state index contributed by atoms with van der Waals surface area (Å²) in [4.78, 5) is 17.1. The van der Waals surface area contributed by atoms with E-state index in [0.29, 0.717) is 26.2 Å². The lowest BCUT2D eigenvalue weighted by molar-refractivity contribution is -0.146. The summed E-state index contributed by atoms with van der Waals surface area (Å²) in [6.45, 7) is 8.21. The molecule has 2 atom stereocenters. The molecule has 0 bridgehead atoms. The maximum atomic E-state index is 12.6. The van der Waals surface area contributed by atoms with Gasteiger partial charge in [0, 0.05) is 40.4 Å². The Morgan fingerprint density at radius 3 is 2.29 bits per heavy atom. The first-order chi connectivity index (χ1) is 16.6. The van der Waals surface area contributed by atoms with E-state index in [-0.39, 0.29) is 12.2 Å². The first kappa shape index (κ1) is 27.1. The number of nitrogens with zero attached hydrogens (tertiary/aromatic N) is 2. The molecule has 1 heterocycles. The lowest BCUT2D eigenvalue weighted by Crippen LogP contribution is -2.40. The van der Waals surface area contributed by atoms with E-state index in [9.17, 15) is 4.79 Å². The number of methoxy groups -OCH3 is 2. The largest absolute Gasteiger partial charge is 0.381 e. The number of rotatable bonds is 16. The highest BCUT2D eigenvalue weighted by molar-refractivity contribution is 5.76. The van der Waals surface area contributed by atoms with Gasteiger partial charge in [-0.3, -0.25) is 4.79 Å². The van der Waals surface area contributed by atoms with Crippen LogP contribution >= 0.6 is 0 Å². The van der Waals surface area contributed by atoms with E-state index in [2.05, 4.69) is 36.1 Å². The molecule has 2 unspecified atom stereocenters. The SMILES string of the molecule is CCCCN(CC(OC)OC)C(=O)CCOCCc1ccc(CCN2CC3CCCC3C2)cc1. The quantitative estimate of drug-likeness (QED) is 0.266. The predicted octanol–water partition coefficient (Wildman–Crippen LogP) is 4.16. The third-order valence-electron chi connectivity index (χ3n) is 7.57. The summed E-state index contributed by atoms with van der Waals surface area (Å²) in [6.07, 6.45) is 8.38. The van der Waals surface area contributed by atoms with E-state index in [4.69, 9.17) is 14.2 Å². The minimum atomic E-state index is -0.389. The summed E-state index contributed by atoms with van der Waals surface area (Å²) in [5.41, 5.74) is 2.71. The molecular formula is C28H46N2O4. The molecule has 2 aliphatic rings. The topological polar surface area (TPSA) is 51.2 Å². The van der Waals surface area contributed by atoms with Gasteiger partial charge >= 0.3 is 0 Å². The Morgan fingerprint density at radius 2 is 1.68 bits per heavy atom. The summed E-state index contributed by atoms with van der Waals surface area (Å²) < 4.78 is 16.3. The lowest BCUT2D eigenvalue weighted by atomic mass is 10.0. The second kappa shape index (κ2) is 14.8. The first-order valence-corrected chi connectivity index (χ1v) is 13.3. The molecule has 3 rings (SSSR count). The zero-order valence-electron chi connectivity index (χ0n) is 21.7. The summed E-state index contributed by atoms with van der Waals surface area (Å²) in [5, 5.41) is 0. The number of benzene rings is 1. The zero-order chi connectivity index (χ0) is 24.2. The van der Waals surface area contributed by atoms with E-state index in [1.54, 1.807) is 14.2 Å². The van der Waals surface area contributed by atoms with E-state index < -0.39 is 0 Å². The van der Waals surface area contributed by atoms with Crippen LogP contribution in [0.4, 0.5) is 0 Å². The number of carbonyl (C=O) groups excluding carboxylic acids is 1. The van der Waals surface area contributed by atoms with Crippen LogP contribution in [0.25, 0.3) is 0 Å². The minimum absolute atomic E-state index is 0.0959. The van der Waals surface area contributed by atoms with Crippen LogP contribution in [0.1, 0.15) is 56.6 Å². The van der Waals surface area contributed by atoms with Crippen LogP contribution in [0.3, 0.4) is 0 Å². The van der Waals surface area contributed by atoms with Crippen molar-refractivity contribution in [2.75, 3.05) is 60.2 Å². The Balaban J connectivity index is 1.29. The molecule has 1 aliphatic heterocycles. The van der Waals surface area contributed by atoms with E-state index in [1.807, 2.05) is 4.90 Å². The third-order valence-corrected chi connectivity index (χ3v) is 7.57. The van der Waals surface area contributed by atoms with Gasteiger partial charge in [0.15, 0.2) is 6.29 Å². The number of fused-ring (bicyclic) bond motifs is 1. The maximum Gasteiger partial charge on any atom is 0.225 e. The van der Waals surface area contributed by atoms with Crippen LogP contribution in [0.2, 0.25) is 0 Å². The highest BCUT2D eigenvalue weighted by atomic mass is 16.7. The van der Waals surface area contributed by atoms with Crippen LogP contribution in [-0.4, -0.2) is 82.2 Å². The Morgan fingerprint density at radius 1 is 1.03 bits per heavy atom. The van der Waals surface area contributed by atoms with E-state index >= 15 is 0 Å². The molecule has 1 aromatic carbocycles. The Hall–Kier alpha value is -1.47. The Kier molecular flexibility index (Phi) is 11.8. The zero-order valence-corrected chi connectivity index (χ0v) is 21.7. The normalized spacial score (nSPS) is 20.2. The summed E-state index contributed by atoms with van der Waals surface area (Å²) in [6, 6.07) is 8.99. The first-order valence-electron chi connectivity index (χ1n) is 13.3. The second-order valence-corrected chi connectivity index (χ2v) is 9.98. The number of likely N-dealkylation sites (tertiary alicyclic amines) is 1. The monoisotopic (exact) mass is 474 g/mol. The van der Waals surface area contributed by atoms with Crippen molar-refractivity contribution >= 4 is 5.91 Å². The van der Waals surface area contributed by atoms with Gasteiger partial charge in [-0.25, -0.2) is 0 Å². The fraction of sp³-hybridized carbons (Fsp3) is 0.750. The number of hydrogen-bond donors (Lipinski definition) is 0. The minimum Gasteiger partial charge on any atom is -0.381 e. The van der Waals surface area contributed by atoms with Crippen LogP contribution < -0.4 is 0 Å². The fourth-order valence-electron chi connectivity index (χ4n) is 5.38. The van der Waals surface area contributed by atoms with Gasteiger partial charge in [0.05, 0.1) is 26.2 Å². The highest BCUT2D eigenvalue weighted by Gasteiger charge is 2.35. The van der Waals surface area contributed by atoms with E-state index in [0.717, 1.165) is 44.1 Å². The van der Waals surface area contributed by atoms with Gasteiger partial charge in [-0.1, -0.05) is 44.0 Å². The molecule has 6 nitrogen and oxygen atoms in total. The molecule has 1 saturated carbocycles. The molecule has 0 N–H and O–H groups in total. The number of amides is 1. The van der Waals surface area contributed by atoms with Gasteiger partial charge < -0.3 is 24.0 Å². The molecule has 192 valence electrons. The van der Waals surface area contributed by atoms with Gasteiger partial charge in [0.2, 0.25) is 5.91 Å². The van der Waals surface area contributed by atoms with Crippen molar-refractivity contribution in [1.29, 1.82) is 0 Å². The average molecular weight is 475 g/mol. The van der Waals surface area contributed by atoms with Crippen molar-refractivity contribution < 1.29 is 19.0 Å². The van der Waals surface area contributed by atoms with Gasteiger partial charge in [-0.05, 0) is 55.1 Å². The van der Waals surface area contributed by atoms with Gasteiger partial charge in [0.25, 0.3) is 0 Å². The molecular weight excluding hydrogens is 428 g/mol. The van der Waals surface area contributed by atoms with Gasteiger partial charge in [0.1, 0.15) is 0 Å². The van der Waals surface area contributed by atoms with Gasteiger partial charge in [-0.15, -0.1) is 0 Å². The molecule has 6 heteroatoms. The lowest BCUT2D eigenvalue weighted by Gasteiger charge is -2.26. The molecule has 0 radical (unpaired) electrons. The fourth-order valence-corrected chi connectivity index (χ4v) is 5.38. The summed E-state index contributed by atoms with van der Waals surface area (Å²) in [7, 11) is 3.20. The molecule has 1 aliphatic carbocycles. The van der Waals surface area contributed by atoms with Crippen molar-refractivity contribution in [2.24, 2.45) is 11.8 Å².